The summed E-state index contributed by atoms with van der Waals surface area (Å²) in [5.74, 6) is 0. The molecule has 0 amide bonds. The van der Waals surface area contributed by atoms with Crippen molar-refractivity contribution in [2.75, 3.05) is 6.61 Å². The fraction of sp³-hybridized carbons (Fsp3) is 0.250. The summed E-state index contributed by atoms with van der Waals surface area (Å²) in [4.78, 5) is 5.00. The van der Waals surface area contributed by atoms with Crippen molar-refractivity contribution in [3.63, 3.8) is 0 Å². The smallest absolute Gasteiger partial charge is 0.135 e. The summed E-state index contributed by atoms with van der Waals surface area (Å²) < 4.78 is 0. The van der Waals surface area contributed by atoms with E-state index in [1.807, 2.05) is 32.0 Å². The summed E-state index contributed by atoms with van der Waals surface area (Å²) in [6.07, 6.45) is 1.67. The minimum atomic E-state index is 0.440. The van der Waals surface area contributed by atoms with Crippen LogP contribution >= 0.6 is 0 Å². The maximum absolute atomic E-state index is 5.00. The van der Waals surface area contributed by atoms with Crippen LogP contribution in [0.15, 0.2) is 36.0 Å². The quantitative estimate of drug-likeness (QED) is 0.308. The van der Waals surface area contributed by atoms with Crippen LogP contribution in [0, 0.1) is 13.0 Å². The molecule has 1 aromatic carbocycles. The lowest BCUT2D eigenvalue weighted by molar-refractivity contribution is 0.175. The molecule has 1 aromatic rings. The van der Waals surface area contributed by atoms with Gasteiger partial charge in [0.25, 0.3) is 0 Å². The number of nitrogens with zero attached hydrogens (tertiary/aromatic N) is 1. The molecular weight excluding hydrogens is 174 g/mol. The van der Waals surface area contributed by atoms with Crippen LogP contribution < -0.4 is 0 Å². The molecule has 0 fully saturated rings. The third kappa shape index (κ3) is 3.05. The van der Waals surface area contributed by atoms with E-state index in [9.17, 15) is 0 Å². The predicted octanol–water partition coefficient (Wildman–Crippen LogP) is 2.72. The van der Waals surface area contributed by atoms with Gasteiger partial charge in [0.1, 0.15) is 6.61 Å². The van der Waals surface area contributed by atoms with Gasteiger partial charge >= 0.3 is 0 Å². The van der Waals surface area contributed by atoms with Crippen molar-refractivity contribution in [2.45, 2.75) is 13.8 Å². The number of oxime groups is 1. The molecule has 0 aliphatic rings. The molecule has 1 rings (SSSR count). The van der Waals surface area contributed by atoms with Crippen LogP contribution in [0.3, 0.4) is 0 Å². The monoisotopic (exact) mass is 188 g/mol. The van der Waals surface area contributed by atoms with Gasteiger partial charge in [-0.3, -0.25) is 0 Å². The van der Waals surface area contributed by atoms with Gasteiger partial charge in [-0.2, -0.15) is 0 Å². The van der Waals surface area contributed by atoms with Gasteiger partial charge in [-0.25, -0.2) is 0 Å². The third-order valence-electron chi connectivity index (χ3n) is 1.76. The molecule has 14 heavy (non-hydrogen) atoms. The molecule has 0 N–H and O–H groups in total. The third-order valence-corrected chi connectivity index (χ3v) is 1.76. The Balaban J connectivity index is 2.73. The maximum atomic E-state index is 5.00. The van der Waals surface area contributed by atoms with Crippen LogP contribution in [0.1, 0.15) is 18.1 Å². The van der Waals surface area contributed by atoms with E-state index in [1.165, 1.54) is 0 Å². The summed E-state index contributed by atoms with van der Waals surface area (Å²) in [5.41, 5.74) is 3.02. The topological polar surface area (TPSA) is 21.6 Å². The number of aryl methyl sites for hydroxylation is 1. The summed E-state index contributed by atoms with van der Waals surface area (Å²) in [5, 5.41) is 3.96. The highest BCUT2D eigenvalue weighted by molar-refractivity contribution is 5.98. The van der Waals surface area contributed by atoms with E-state index in [2.05, 4.69) is 17.8 Å². The van der Waals surface area contributed by atoms with Crippen molar-refractivity contribution in [3.8, 4) is 0 Å². The Morgan fingerprint density at radius 3 is 3.14 bits per heavy atom. The number of benzene rings is 1. The molecule has 2 heteroatoms. The van der Waals surface area contributed by atoms with Crippen LogP contribution in [0.25, 0.3) is 0 Å². The number of hydrogen-bond acceptors (Lipinski definition) is 2. The minimum absolute atomic E-state index is 0.440. The van der Waals surface area contributed by atoms with E-state index in [1.54, 1.807) is 6.08 Å². The highest BCUT2D eigenvalue weighted by Crippen LogP contribution is 2.04. The van der Waals surface area contributed by atoms with Gasteiger partial charge in [-0.15, -0.1) is 0 Å². The van der Waals surface area contributed by atoms with Gasteiger partial charge < -0.3 is 4.84 Å². The molecule has 1 radical (unpaired) electrons. The van der Waals surface area contributed by atoms with Crippen LogP contribution in [0.2, 0.25) is 0 Å². The lowest BCUT2D eigenvalue weighted by atomic mass is 10.1. The van der Waals surface area contributed by atoms with Gasteiger partial charge in [-0.1, -0.05) is 29.9 Å². The van der Waals surface area contributed by atoms with Crippen LogP contribution in [-0.2, 0) is 4.84 Å². The largest absolute Gasteiger partial charge is 0.391 e. The first-order valence-electron chi connectivity index (χ1n) is 4.50. The van der Waals surface area contributed by atoms with Crippen LogP contribution in [0.5, 0.6) is 0 Å². The van der Waals surface area contributed by atoms with E-state index in [0.29, 0.717) is 6.61 Å². The Morgan fingerprint density at radius 1 is 1.71 bits per heavy atom. The van der Waals surface area contributed by atoms with Crippen molar-refractivity contribution in [1.82, 2.24) is 0 Å². The van der Waals surface area contributed by atoms with Crippen molar-refractivity contribution in [3.05, 3.63) is 48.0 Å². The van der Waals surface area contributed by atoms with Gasteiger partial charge in [-0.05, 0) is 37.1 Å². The summed E-state index contributed by atoms with van der Waals surface area (Å²) >= 11 is 0. The van der Waals surface area contributed by atoms with E-state index in [4.69, 9.17) is 4.84 Å². The second-order valence-corrected chi connectivity index (χ2v) is 3.02. The van der Waals surface area contributed by atoms with Gasteiger partial charge in [0.15, 0.2) is 0 Å². The van der Waals surface area contributed by atoms with E-state index in [0.717, 1.165) is 16.8 Å². The molecule has 73 valence electrons. The Kier molecular flexibility index (Phi) is 3.92. The molecule has 0 heterocycles. The maximum Gasteiger partial charge on any atom is 0.135 e. The zero-order valence-corrected chi connectivity index (χ0v) is 8.58. The molecule has 0 atom stereocenters. The molecule has 0 bridgehead atoms. The van der Waals surface area contributed by atoms with Gasteiger partial charge in [0.2, 0.25) is 0 Å². The second-order valence-electron chi connectivity index (χ2n) is 3.02. The number of rotatable bonds is 4. The van der Waals surface area contributed by atoms with Crippen molar-refractivity contribution in [1.29, 1.82) is 0 Å². The average Bonchev–Trinajstić information content (AvgIpc) is 2.18. The average molecular weight is 188 g/mol. The summed E-state index contributed by atoms with van der Waals surface area (Å²) in [7, 11) is 0. The fourth-order valence-electron chi connectivity index (χ4n) is 1.05. The molecule has 0 aliphatic heterocycles. The Labute approximate surface area is 84.9 Å². The van der Waals surface area contributed by atoms with E-state index in [-0.39, 0.29) is 0 Å². The highest BCUT2D eigenvalue weighted by Gasteiger charge is 1.97. The Bertz CT molecular complexity index is 342. The summed E-state index contributed by atoms with van der Waals surface area (Å²) in [6, 6.07) is 8.95. The first-order chi connectivity index (χ1) is 6.74. The molecule has 2 nitrogen and oxygen atoms in total. The Morgan fingerprint density at radius 2 is 2.50 bits per heavy atom. The predicted molar refractivity (Wildman–Crippen MR) is 58.4 cm³/mol. The summed E-state index contributed by atoms with van der Waals surface area (Å²) in [6.45, 7) is 7.90. The second kappa shape index (κ2) is 5.22. The molecular formula is C12H14NO. The highest BCUT2D eigenvalue weighted by atomic mass is 16.6. The van der Waals surface area contributed by atoms with Gasteiger partial charge in [0, 0.05) is 0 Å². The zero-order chi connectivity index (χ0) is 10.4. The standard InChI is InChI=1S/C12H14NO/c1-4-8-14-13-11(3)12-7-5-6-10(2)9-12/h4-5,7,9H,1,8H2,2-3H3. The fourth-order valence-corrected chi connectivity index (χ4v) is 1.05. The molecule has 0 unspecified atom stereocenters. The molecule has 0 saturated carbocycles. The molecule has 0 aromatic heterocycles. The van der Waals surface area contributed by atoms with Crippen molar-refractivity contribution >= 4 is 5.71 Å². The zero-order valence-electron chi connectivity index (χ0n) is 8.58. The lowest BCUT2D eigenvalue weighted by Crippen LogP contribution is -1.96. The van der Waals surface area contributed by atoms with Gasteiger partial charge in [0.05, 0.1) is 5.71 Å². The molecule has 0 aliphatic carbocycles. The normalized spacial score (nSPS) is 11.1. The van der Waals surface area contributed by atoms with Crippen LogP contribution in [-0.4, -0.2) is 12.3 Å². The van der Waals surface area contributed by atoms with E-state index >= 15 is 0 Å². The lowest BCUT2D eigenvalue weighted by Gasteiger charge is -2.01. The molecule has 0 saturated heterocycles. The first kappa shape index (κ1) is 10.5. The number of hydrogen-bond donors (Lipinski definition) is 0. The van der Waals surface area contributed by atoms with E-state index < -0.39 is 0 Å². The van der Waals surface area contributed by atoms with Crippen molar-refractivity contribution in [2.24, 2.45) is 5.16 Å². The van der Waals surface area contributed by atoms with Crippen molar-refractivity contribution < 1.29 is 4.84 Å². The SMILES string of the molecule is C=CCON=C(C)c1cc[c]c(C)c1. The minimum Gasteiger partial charge on any atom is -0.391 e. The molecule has 0 spiro atoms. The first-order valence-corrected chi connectivity index (χ1v) is 4.50. The van der Waals surface area contributed by atoms with Crippen LogP contribution in [0.4, 0.5) is 0 Å². The Hall–Kier alpha value is -1.57.